The summed E-state index contributed by atoms with van der Waals surface area (Å²) >= 11 is 5.18. The van der Waals surface area contributed by atoms with Crippen LogP contribution in [0.25, 0.3) is 11.4 Å². The summed E-state index contributed by atoms with van der Waals surface area (Å²) in [5.74, 6) is 1.49. The molecule has 3 nitrogen and oxygen atoms in total. The lowest BCUT2D eigenvalue weighted by molar-refractivity contribution is 0.339. The monoisotopic (exact) mass is 445 g/mol. The Morgan fingerprint density at radius 3 is 2.37 bits per heavy atom. The first-order chi connectivity index (χ1) is 13.2. The predicted octanol–water partition coefficient (Wildman–Crippen LogP) is 6.64. The summed E-state index contributed by atoms with van der Waals surface area (Å²) in [5, 5.41) is 10.00. The van der Waals surface area contributed by atoms with E-state index in [0.29, 0.717) is 6.04 Å². The van der Waals surface area contributed by atoms with Crippen LogP contribution >= 0.6 is 27.7 Å². The number of rotatable bonds is 5. The van der Waals surface area contributed by atoms with Crippen LogP contribution in [0.15, 0.2) is 58.2 Å². The molecule has 4 rings (SSSR count). The fourth-order valence-electron chi connectivity index (χ4n) is 3.57. The Balaban J connectivity index is 1.63. The van der Waals surface area contributed by atoms with Crippen LogP contribution in [0.2, 0.25) is 0 Å². The third-order valence-corrected chi connectivity index (χ3v) is 6.53. The number of aromatic nitrogens is 3. The fourth-order valence-corrected chi connectivity index (χ4v) is 4.79. The standard InChI is InChI=1S/C21H21BrFN3S/c22-17-10-8-16(9-11-17)20-24-25-21(26(20)19-4-2-1-3-5-19)27-14-15-6-12-18(23)13-7-15/h6-13,19H,1-5,14H2. The molecule has 0 spiro atoms. The van der Waals surface area contributed by atoms with Crippen LogP contribution in [-0.4, -0.2) is 14.8 Å². The second-order valence-electron chi connectivity index (χ2n) is 6.89. The van der Waals surface area contributed by atoms with Crippen LogP contribution in [0, 0.1) is 5.82 Å². The van der Waals surface area contributed by atoms with E-state index in [1.54, 1.807) is 11.8 Å². The quantitative estimate of drug-likeness (QED) is 0.412. The molecular formula is C21H21BrFN3S. The molecule has 1 fully saturated rings. The number of thioether (sulfide) groups is 1. The van der Waals surface area contributed by atoms with Gasteiger partial charge in [0.05, 0.1) is 0 Å². The van der Waals surface area contributed by atoms with Gasteiger partial charge < -0.3 is 0 Å². The van der Waals surface area contributed by atoms with Crippen molar-refractivity contribution in [2.24, 2.45) is 0 Å². The molecule has 1 aromatic heterocycles. The highest BCUT2D eigenvalue weighted by atomic mass is 79.9. The van der Waals surface area contributed by atoms with Gasteiger partial charge in [0.15, 0.2) is 11.0 Å². The Morgan fingerprint density at radius 2 is 1.67 bits per heavy atom. The van der Waals surface area contributed by atoms with Crippen LogP contribution in [0.3, 0.4) is 0 Å². The lowest BCUT2D eigenvalue weighted by atomic mass is 9.95. The second kappa shape index (κ2) is 8.57. The zero-order valence-electron chi connectivity index (χ0n) is 14.9. The molecule has 0 bridgehead atoms. The number of benzene rings is 2. The van der Waals surface area contributed by atoms with Crippen molar-refractivity contribution in [3.8, 4) is 11.4 Å². The van der Waals surface area contributed by atoms with Crippen molar-refractivity contribution in [1.29, 1.82) is 0 Å². The number of hydrogen-bond donors (Lipinski definition) is 0. The molecule has 0 radical (unpaired) electrons. The molecule has 27 heavy (non-hydrogen) atoms. The Labute approximate surface area is 171 Å². The smallest absolute Gasteiger partial charge is 0.192 e. The topological polar surface area (TPSA) is 30.7 Å². The molecule has 1 heterocycles. The molecule has 140 valence electrons. The molecule has 0 atom stereocenters. The van der Waals surface area contributed by atoms with E-state index in [4.69, 9.17) is 0 Å². The molecule has 0 saturated heterocycles. The summed E-state index contributed by atoms with van der Waals surface area (Å²) in [4.78, 5) is 0. The van der Waals surface area contributed by atoms with Crippen LogP contribution in [0.4, 0.5) is 4.39 Å². The van der Waals surface area contributed by atoms with Crippen molar-refractivity contribution in [2.45, 2.75) is 49.1 Å². The van der Waals surface area contributed by atoms with Crippen molar-refractivity contribution >= 4 is 27.7 Å². The molecule has 6 heteroatoms. The molecule has 0 aliphatic heterocycles. The molecule has 0 amide bonds. The van der Waals surface area contributed by atoms with Gasteiger partial charge in [0.2, 0.25) is 0 Å². The van der Waals surface area contributed by atoms with E-state index in [1.807, 2.05) is 24.3 Å². The van der Waals surface area contributed by atoms with Gasteiger partial charge in [-0.3, -0.25) is 4.57 Å². The van der Waals surface area contributed by atoms with E-state index in [9.17, 15) is 4.39 Å². The maximum absolute atomic E-state index is 13.1. The van der Waals surface area contributed by atoms with Gasteiger partial charge in [0, 0.05) is 21.8 Å². The van der Waals surface area contributed by atoms with E-state index in [1.165, 1.54) is 44.2 Å². The molecular weight excluding hydrogens is 425 g/mol. The minimum Gasteiger partial charge on any atom is -0.299 e. The van der Waals surface area contributed by atoms with Crippen LogP contribution in [-0.2, 0) is 5.75 Å². The summed E-state index contributed by atoms with van der Waals surface area (Å²) in [6.07, 6.45) is 6.16. The molecule has 2 aromatic carbocycles. The van der Waals surface area contributed by atoms with Gasteiger partial charge in [-0.25, -0.2) is 4.39 Å². The summed E-state index contributed by atoms with van der Waals surface area (Å²) < 4.78 is 16.5. The van der Waals surface area contributed by atoms with Gasteiger partial charge in [-0.1, -0.05) is 71.2 Å². The second-order valence-corrected chi connectivity index (χ2v) is 8.75. The molecule has 1 aliphatic rings. The Bertz CT molecular complexity index is 887. The van der Waals surface area contributed by atoms with E-state index in [0.717, 1.165) is 32.3 Å². The zero-order valence-corrected chi connectivity index (χ0v) is 17.3. The van der Waals surface area contributed by atoms with Crippen LogP contribution in [0.5, 0.6) is 0 Å². The number of nitrogens with zero attached hydrogens (tertiary/aromatic N) is 3. The molecule has 3 aromatic rings. The molecule has 1 aliphatic carbocycles. The molecule has 1 saturated carbocycles. The summed E-state index contributed by atoms with van der Waals surface area (Å²) in [6, 6.07) is 15.4. The number of hydrogen-bond acceptors (Lipinski definition) is 3. The zero-order chi connectivity index (χ0) is 18.6. The number of halogens is 2. The Hall–Kier alpha value is -1.66. The van der Waals surface area contributed by atoms with Crippen molar-refractivity contribution in [2.75, 3.05) is 0 Å². The van der Waals surface area contributed by atoms with Gasteiger partial charge in [0.25, 0.3) is 0 Å². The van der Waals surface area contributed by atoms with E-state index >= 15 is 0 Å². The lowest BCUT2D eigenvalue weighted by Crippen LogP contribution is -2.15. The van der Waals surface area contributed by atoms with E-state index in [-0.39, 0.29) is 5.82 Å². The normalized spacial score (nSPS) is 15.2. The minimum absolute atomic E-state index is 0.202. The van der Waals surface area contributed by atoms with Gasteiger partial charge in [0.1, 0.15) is 5.82 Å². The maximum Gasteiger partial charge on any atom is 0.192 e. The van der Waals surface area contributed by atoms with Crippen molar-refractivity contribution < 1.29 is 4.39 Å². The summed E-state index contributed by atoms with van der Waals surface area (Å²) in [6.45, 7) is 0. The van der Waals surface area contributed by atoms with Gasteiger partial charge >= 0.3 is 0 Å². The summed E-state index contributed by atoms with van der Waals surface area (Å²) in [7, 11) is 0. The lowest BCUT2D eigenvalue weighted by Gasteiger charge is -2.25. The van der Waals surface area contributed by atoms with Crippen molar-refractivity contribution in [3.63, 3.8) is 0 Å². The van der Waals surface area contributed by atoms with Crippen molar-refractivity contribution in [1.82, 2.24) is 14.8 Å². The van der Waals surface area contributed by atoms with Gasteiger partial charge in [-0.2, -0.15) is 0 Å². The van der Waals surface area contributed by atoms with E-state index < -0.39 is 0 Å². The van der Waals surface area contributed by atoms with Crippen LogP contribution < -0.4 is 0 Å². The maximum atomic E-state index is 13.1. The minimum atomic E-state index is -0.202. The third kappa shape index (κ3) is 4.43. The third-order valence-electron chi connectivity index (χ3n) is 4.99. The largest absolute Gasteiger partial charge is 0.299 e. The molecule has 0 N–H and O–H groups in total. The van der Waals surface area contributed by atoms with Gasteiger partial charge in [-0.05, 0) is 42.7 Å². The van der Waals surface area contributed by atoms with E-state index in [2.05, 4.69) is 42.8 Å². The van der Waals surface area contributed by atoms with Crippen LogP contribution in [0.1, 0.15) is 43.7 Å². The van der Waals surface area contributed by atoms with Crippen molar-refractivity contribution in [3.05, 3.63) is 64.4 Å². The fraction of sp³-hybridized carbons (Fsp3) is 0.333. The average Bonchev–Trinajstić information content (AvgIpc) is 3.13. The Morgan fingerprint density at radius 1 is 0.963 bits per heavy atom. The highest BCUT2D eigenvalue weighted by Gasteiger charge is 2.23. The summed E-state index contributed by atoms with van der Waals surface area (Å²) in [5.41, 5.74) is 2.18. The SMILES string of the molecule is Fc1ccc(CSc2nnc(-c3ccc(Br)cc3)n2C2CCCCC2)cc1. The van der Waals surface area contributed by atoms with Gasteiger partial charge in [-0.15, -0.1) is 10.2 Å². The Kier molecular flexibility index (Phi) is 5.93. The average molecular weight is 446 g/mol. The first-order valence-electron chi connectivity index (χ1n) is 9.29. The highest BCUT2D eigenvalue weighted by molar-refractivity contribution is 9.10. The molecule has 0 unspecified atom stereocenters. The highest BCUT2D eigenvalue weighted by Crippen LogP contribution is 2.36. The first-order valence-corrected chi connectivity index (χ1v) is 11.1. The predicted molar refractivity (Wildman–Crippen MR) is 111 cm³/mol. The first kappa shape index (κ1) is 18.7.